The Morgan fingerprint density at radius 2 is 1.73 bits per heavy atom. The van der Waals surface area contributed by atoms with Gasteiger partial charge in [0, 0.05) is 18.7 Å². The van der Waals surface area contributed by atoms with Gasteiger partial charge in [0.05, 0.1) is 0 Å². The van der Waals surface area contributed by atoms with Crippen LogP contribution in [0.15, 0.2) is 0 Å². The molecule has 0 amide bonds. The summed E-state index contributed by atoms with van der Waals surface area (Å²) in [5, 5.41) is 8.53. The van der Waals surface area contributed by atoms with E-state index in [2.05, 4.69) is 9.44 Å². The molecule has 6 heteroatoms. The minimum atomic E-state index is -3.39. The van der Waals surface area contributed by atoms with E-state index in [9.17, 15) is 8.42 Å². The van der Waals surface area contributed by atoms with Crippen LogP contribution >= 0.6 is 0 Å². The Kier molecular flexibility index (Phi) is 6.35. The molecule has 0 saturated carbocycles. The molecule has 0 spiro atoms. The van der Waals surface area contributed by atoms with Crippen molar-refractivity contribution in [1.29, 1.82) is 0 Å². The topological polar surface area (TPSA) is 78.4 Å². The molecule has 0 aliphatic heterocycles. The highest BCUT2D eigenvalue weighted by molar-refractivity contribution is 7.87. The van der Waals surface area contributed by atoms with Gasteiger partial charge >= 0.3 is 0 Å². The molecule has 0 heterocycles. The maximum atomic E-state index is 11.4. The van der Waals surface area contributed by atoms with Crippen molar-refractivity contribution < 1.29 is 13.5 Å². The fraction of sp³-hybridized carbons (Fsp3) is 1.00. The number of aliphatic hydroxyl groups is 1. The van der Waals surface area contributed by atoms with Crippen LogP contribution in [0.2, 0.25) is 0 Å². The zero-order chi connectivity index (χ0) is 11.9. The number of hydrogen-bond donors (Lipinski definition) is 3. The van der Waals surface area contributed by atoms with Crippen LogP contribution in [0.1, 0.15) is 40.0 Å². The lowest BCUT2D eigenvalue weighted by Crippen LogP contribution is -2.47. The van der Waals surface area contributed by atoms with Gasteiger partial charge in [0.1, 0.15) is 0 Å². The summed E-state index contributed by atoms with van der Waals surface area (Å²) in [7, 11) is -3.39. The van der Waals surface area contributed by atoms with Crippen LogP contribution in [0.4, 0.5) is 0 Å². The van der Waals surface area contributed by atoms with Gasteiger partial charge in [-0.2, -0.15) is 13.1 Å². The summed E-state index contributed by atoms with van der Waals surface area (Å²) >= 11 is 0. The van der Waals surface area contributed by atoms with Crippen molar-refractivity contribution in [2.24, 2.45) is 0 Å². The standard InChI is InChI=1S/C9H22N2O3S/c1-9(2,3)11-15(13,14)10-7-5-4-6-8-12/h10-12H,4-8H2,1-3H3. The van der Waals surface area contributed by atoms with Crippen molar-refractivity contribution in [3.8, 4) is 0 Å². The van der Waals surface area contributed by atoms with Crippen molar-refractivity contribution in [1.82, 2.24) is 9.44 Å². The Morgan fingerprint density at radius 1 is 1.13 bits per heavy atom. The minimum Gasteiger partial charge on any atom is -0.396 e. The summed E-state index contributed by atoms with van der Waals surface area (Å²) in [5.74, 6) is 0. The molecular weight excluding hydrogens is 216 g/mol. The summed E-state index contributed by atoms with van der Waals surface area (Å²) in [6.45, 7) is 5.94. The van der Waals surface area contributed by atoms with Crippen molar-refractivity contribution in [2.45, 2.75) is 45.6 Å². The van der Waals surface area contributed by atoms with Gasteiger partial charge in [-0.25, -0.2) is 4.72 Å². The summed E-state index contributed by atoms with van der Waals surface area (Å²) < 4.78 is 27.8. The van der Waals surface area contributed by atoms with Crippen LogP contribution in [0.3, 0.4) is 0 Å². The van der Waals surface area contributed by atoms with E-state index >= 15 is 0 Å². The van der Waals surface area contributed by atoms with Gasteiger partial charge in [0.2, 0.25) is 0 Å². The van der Waals surface area contributed by atoms with Crippen LogP contribution < -0.4 is 9.44 Å². The van der Waals surface area contributed by atoms with Crippen molar-refractivity contribution in [3.05, 3.63) is 0 Å². The Balaban J connectivity index is 3.76. The van der Waals surface area contributed by atoms with Crippen LogP contribution in [0.5, 0.6) is 0 Å². The number of aliphatic hydroxyl groups excluding tert-OH is 1. The molecule has 0 aromatic carbocycles. The first-order valence-electron chi connectivity index (χ1n) is 5.16. The first kappa shape index (κ1) is 14.8. The largest absolute Gasteiger partial charge is 0.396 e. The molecule has 0 aliphatic carbocycles. The van der Waals surface area contributed by atoms with Crippen molar-refractivity contribution in [3.63, 3.8) is 0 Å². The Morgan fingerprint density at radius 3 is 2.20 bits per heavy atom. The fourth-order valence-corrected chi connectivity index (χ4v) is 2.35. The van der Waals surface area contributed by atoms with Gasteiger partial charge in [0.15, 0.2) is 0 Å². The summed E-state index contributed by atoms with van der Waals surface area (Å²) in [5.41, 5.74) is -0.461. The van der Waals surface area contributed by atoms with E-state index in [0.717, 1.165) is 12.8 Å². The zero-order valence-corrected chi connectivity index (χ0v) is 10.5. The third kappa shape index (κ3) is 10.1. The van der Waals surface area contributed by atoms with Gasteiger partial charge in [0.25, 0.3) is 10.2 Å². The summed E-state index contributed by atoms with van der Waals surface area (Å²) in [4.78, 5) is 0. The maximum absolute atomic E-state index is 11.4. The average Bonchev–Trinajstić information content (AvgIpc) is 1.99. The van der Waals surface area contributed by atoms with E-state index in [0.29, 0.717) is 13.0 Å². The van der Waals surface area contributed by atoms with Crippen LogP contribution in [-0.4, -0.2) is 32.2 Å². The first-order valence-corrected chi connectivity index (χ1v) is 6.64. The lowest BCUT2D eigenvalue weighted by Gasteiger charge is -2.20. The molecule has 92 valence electrons. The van der Waals surface area contributed by atoms with Gasteiger partial charge in [-0.05, 0) is 40.0 Å². The lowest BCUT2D eigenvalue weighted by molar-refractivity contribution is 0.283. The highest BCUT2D eigenvalue weighted by Gasteiger charge is 2.18. The zero-order valence-electron chi connectivity index (χ0n) is 9.71. The third-order valence-corrected chi connectivity index (χ3v) is 3.03. The second-order valence-corrected chi connectivity index (χ2v) is 6.03. The van der Waals surface area contributed by atoms with E-state index < -0.39 is 15.7 Å². The molecule has 0 saturated heterocycles. The van der Waals surface area contributed by atoms with Crippen LogP contribution in [0, 0.1) is 0 Å². The molecule has 0 rings (SSSR count). The molecule has 15 heavy (non-hydrogen) atoms. The van der Waals surface area contributed by atoms with Gasteiger partial charge < -0.3 is 5.11 Å². The molecule has 0 bridgehead atoms. The smallest absolute Gasteiger partial charge is 0.277 e. The molecule has 0 unspecified atom stereocenters. The number of hydrogen-bond acceptors (Lipinski definition) is 3. The highest BCUT2D eigenvalue weighted by Crippen LogP contribution is 2.00. The monoisotopic (exact) mass is 238 g/mol. The van der Waals surface area contributed by atoms with E-state index in [-0.39, 0.29) is 6.61 Å². The van der Waals surface area contributed by atoms with Crippen LogP contribution in [0.25, 0.3) is 0 Å². The lowest BCUT2D eigenvalue weighted by atomic mass is 10.1. The maximum Gasteiger partial charge on any atom is 0.277 e. The van der Waals surface area contributed by atoms with E-state index in [1.165, 1.54) is 0 Å². The number of nitrogens with one attached hydrogen (secondary N) is 2. The van der Waals surface area contributed by atoms with Crippen molar-refractivity contribution >= 4 is 10.2 Å². The molecule has 0 fully saturated rings. The second kappa shape index (κ2) is 6.42. The predicted octanol–water partition coefficient (Wildman–Crippen LogP) is 0.371. The summed E-state index contributed by atoms with van der Waals surface area (Å²) in [6, 6.07) is 0. The van der Waals surface area contributed by atoms with Crippen LogP contribution in [-0.2, 0) is 10.2 Å². The fourth-order valence-electron chi connectivity index (χ4n) is 1.06. The SMILES string of the molecule is CC(C)(C)NS(=O)(=O)NCCCCCO. The quantitative estimate of drug-likeness (QED) is 0.561. The predicted molar refractivity (Wildman–Crippen MR) is 60.7 cm³/mol. The van der Waals surface area contributed by atoms with Gasteiger partial charge in [-0.3, -0.25) is 0 Å². The van der Waals surface area contributed by atoms with E-state index in [1.54, 1.807) is 20.8 Å². The molecular formula is C9H22N2O3S. The first-order chi connectivity index (χ1) is 6.77. The second-order valence-electron chi connectivity index (χ2n) is 4.53. The van der Waals surface area contributed by atoms with Gasteiger partial charge in [-0.1, -0.05) is 0 Å². The highest BCUT2D eigenvalue weighted by atomic mass is 32.2. The molecule has 3 N–H and O–H groups in total. The Hall–Kier alpha value is -0.170. The molecule has 0 aromatic heterocycles. The van der Waals surface area contributed by atoms with E-state index in [1.807, 2.05) is 0 Å². The molecule has 0 aliphatic rings. The Bertz CT molecular complexity index is 257. The average molecular weight is 238 g/mol. The molecule has 5 nitrogen and oxygen atoms in total. The number of rotatable bonds is 7. The third-order valence-electron chi connectivity index (χ3n) is 1.57. The minimum absolute atomic E-state index is 0.160. The Labute approximate surface area is 92.4 Å². The summed E-state index contributed by atoms with van der Waals surface area (Å²) in [6.07, 6.45) is 2.29. The van der Waals surface area contributed by atoms with Crippen molar-refractivity contribution in [2.75, 3.05) is 13.2 Å². The normalized spacial score (nSPS) is 13.1. The van der Waals surface area contributed by atoms with E-state index in [4.69, 9.17) is 5.11 Å². The molecule has 0 atom stereocenters. The molecule has 0 aromatic rings. The number of unbranched alkanes of at least 4 members (excludes halogenated alkanes) is 2. The van der Waals surface area contributed by atoms with Gasteiger partial charge in [-0.15, -0.1) is 0 Å². The molecule has 0 radical (unpaired) electrons.